The normalized spacial score (nSPS) is 11.2. The molecule has 11 nitrogen and oxygen atoms in total. The molecule has 0 saturated carbocycles. The monoisotopic (exact) mass is 480 g/mol. The predicted molar refractivity (Wildman–Crippen MR) is 122 cm³/mol. The Bertz CT molecular complexity index is 1360. The molecule has 0 atom stereocenters. The molecule has 0 amide bonds. The number of nitrogens with zero attached hydrogens (tertiary/aromatic N) is 3. The third kappa shape index (κ3) is 5.94. The molecule has 2 aromatic heterocycles. The van der Waals surface area contributed by atoms with Gasteiger partial charge in [0, 0.05) is 5.69 Å². The van der Waals surface area contributed by atoms with Gasteiger partial charge in [-0.3, -0.25) is 0 Å². The summed E-state index contributed by atoms with van der Waals surface area (Å²) in [5.41, 5.74) is 6.65. The second-order valence-corrected chi connectivity index (χ2v) is 8.70. The molecule has 0 aliphatic carbocycles. The third-order valence-corrected chi connectivity index (χ3v) is 5.90. The van der Waals surface area contributed by atoms with Crippen LogP contribution in [0.15, 0.2) is 82.3 Å². The molecule has 0 aliphatic rings. The van der Waals surface area contributed by atoms with E-state index in [1.807, 2.05) is 30.3 Å². The quantitative estimate of drug-likeness (QED) is 0.304. The number of sulfonamides is 1. The van der Waals surface area contributed by atoms with Gasteiger partial charge in [-0.2, -0.15) is 15.0 Å². The first-order chi connectivity index (χ1) is 16.4. The summed E-state index contributed by atoms with van der Waals surface area (Å²) >= 11 is 0. The van der Waals surface area contributed by atoms with Crippen molar-refractivity contribution in [2.45, 2.75) is 18.0 Å². The minimum Gasteiger partial charge on any atom is -0.468 e. The van der Waals surface area contributed by atoms with Crippen LogP contribution in [0.25, 0.3) is 0 Å². The average molecular weight is 481 g/mol. The van der Waals surface area contributed by atoms with Gasteiger partial charge in [0.05, 0.1) is 23.3 Å². The second kappa shape index (κ2) is 10.1. The molecule has 4 aromatic rings. The number of furan rings is 1. The maximum atomic E-state index is 12.4. The van der Waals surface area contributed by atoms with Gasteiger partial charge in [0.15, 0.2) is 12.4 Å². The number of nitrogens with two attached hydrogens (primary N) is 1. The van der Waals surface area contributed by atoms with E-state index in [0.29, 0.717) is 5.76 Å². The van der Waals surface area contributed by atoms with Crippen molar-refractivity contribution in [3.05, 3.63) is 90.1 Å². The molecule has 2 heterocycles. The van der Waals surface area contributed by atoms with Gasteiger partial charge in [-0.25, -0.2) is 17.9 Å². The summed E-state index contributed by atoms with van der Waals surface area (Å²) < 4.78 is 37.6. The maximum Gasteiger partial charge on any atom is 0.338 e. The molecule has 2 aromatic carbocycles. The van der Waals surface area contributed by atoms with Gasteiger partial charge in [-0.1, -0.05) is 18.2 Å². The number of hydrogen-bond acceptors (Lipinski definition) is 10. The summed E-state index contributed by atoms with van der Waals surface area (Å²) in [5.74, 6) is 0.131. The number of aromatic nitrogens is 3. The molecule has 174 valence electrons. The Balaban J connectivity index is 1.36. The Hall–Kier alpha value is -4.29. The Labute approximate surface area is 195 Å². The van der Waals surface area contributed by atoms with E-state index in [1.54, 1.807) is 12.1 Å². The van der Waals surface area contributed by atoms with E-state index in [4.69, 9.17) is 14.9 Å². The number of nitrogen functional groups attached to an aromatic ring is 1. The van der Waals surface area contributed by atoms with Gasteiger partial charge in [0.25, 0.3) is 0 Å². The number of carbonyl (C=O) groups excluding carboxylic acids is 1. The average Bonchev–Trinajstić information content (AvgIpc) is 3.36. The highest BCUT2D eigenvalue weighted by Gasteiger charge is 2.16. The van der Waals surface area contributed by atoms with Crippen LogP contribution in [0.1, 0.15) is 21.9 Å². The summed E-state index contributed by atoms with van der Waals surface area (Å²) in [4.78, 5) is 24.6. The number of anilines is 3. The first-order valence-electron chi connectivity index (χ1n) is 10.0. The van der Waals surface area contributed by atoms with Crippen LogP contribution in [-0.4, -0.2) is 29.3 Å². The zero-order valence-electron chi connectivity index (χ0n) is 17.7. The fourth-order valence-corrected chi connectivity index (χ4v) is 3.85. The van der Waals surface area contributed by atoms with Crippen molar-refractivity contribution in [3.63, 3.8) is 0 Å². The molecule has 12 heteroatoms. The van der Waals surface area contributed by atoms with Gasteiger partial charge < -0.3 is 20.2 Å². The van der Waals surface area contributed by atoms with Crippen LogP contribution < -0.4 is 15.8 Å². The standard InChI is InChI=1S/C22H20N6O5S/c23-21-26-19(27-22(28-21)25-16-5-2-1-3-6-16)14-33-20(29)15-8-10-18(11-9-15)34(30,31)24-13-17-7-4-12-32-17/h1-12,24H,13-14H2,(H3,23,25,26,27,28). The summed E-state index contributed by atoms with van der Waals surface area (Å²) in [6.45, 7) is -0.241. The molecule has 0 unspecified atom stereocenters. The predicted octanol–water partition coefficient (Wildman–Crippen LogP) is 2.63. The van der Waals surface area contributed by atoms with Crippen molar-refractivity contribution in [2.24, 2.45) is 0 Å². The molecule has 0 aliphatic heterocycles. The largest absolute Gasteiger partial charge is 0.468 e. The summed E-state index contributed by atoms with van der Waals surface area (Å²) in [6.07, 6.45) is 1.45. The topological polar surface area (TPSA) is 162 Å². The van der Waals surface area contributed by atoms with E-state index in [0.717, 1.165) is 5.69 Å². The number of nitrogens with one attached hydrogen (secondary N) is 2. The number of ether oxygens (including phenoxy) is 1. The van der Waals surface area contributed by atoms with Gasteiger partial charge in [-0.15, -0.1) is 0 Å². The molecular weight excluding hydrogens is 460 g/mol. The van der Waals surface area contributed by atoms with Crippen molar-refractivity contribution in [2.75, 3.05) is 11.1 Å². The molecule has 0 fully saturated rings. The first-order valence-corrected chi connectivity index (χ1v) is 11.5. The Morgan fingerprint density at radius 3 is 2.44 bits per heavy atom. The lowest BCUT2D eigenvalue weighted by atomic mass is 10.2. The number of para-hydroxylation sites is 1. The molecule has 4 rings (SSSR count). The van der Waals surface area contributed by atoms with Gasteiger partial charge in [0.2, 0.25) is 21.9 Å². The number of esters is 1. The van der Waals surface area contributed by atoms with Crippen LogP contribution in [0.4, 0.5) is 17.6 Å². The van der Waals surface area contributed by atoms with E-state index in [1.165, 1.54) is 30.5 Å². The number of benzene rings is 2. The van der Waals surface area contributed by atoms with E-state index >= 15 is 0 Å². The highest BCUT2D eigenvalue weighted by molar-refractivity contribution is 7.89. The van der Waals surface area contributed by atoms with Crippen LogP contribution in [-0.2, 0) is 27.9 Å². The highest BCUT2D eigenvalue weighted by atomic mass is 32.2. The van der Waals surface area contributed by atoms with Crippen molar-refractivity contribution in [1.29, 1.82) is 0 Å². The summed E-state index contributed by atoms with van der Waals surface area (Å²) in [6, 6.07) is 17.9. The second-order valence-electron chi connectivity index (χ2n) is 6.93. The van der Waals surface area contributed by atoms with Crippen molar-refractivity contribution >= 4 is 33.6 Å². The van der Waals surface area contributed by atoms with E-state index in [2.05, 4.69) is 25.0 Å². The first kappa shape index (κ1) is 22.9. The molecular formula is C22H20N6O5S. The zero-order chi connectivity index (χ0) is 24.0. The van der Waals surface area contributed by atoms with Gasteiger partial charge in [-0.05, 0) is 48.5 Å². The zero-order valence-corrected chi connectivity index (χ0v) is 18.5. The van der Waals surface area contributed by atoms with Crippen molar-refractivity contribution in [3.8, 4) is 0 Å². The SMILES string of the molecule is Nc1nc(COC(=O)c2ccc(S(=O)(=O)NCc3ccco3)cc2)nc(Nc2ccccc2)n1. The smallest absolute Gasteiger partial charge is 0.338 e. The Morgan fingerprint density at radius 2 is 1.74 bits per heavy atom. The minimum atomic E-state index is -3.78. The minimum absolute atomic E-state index is 0.00234. The fraction of sp³-hybridized carbons (Fsp3) is 0.0909. The lowest BCUT2D eigenvalue weighted by Gasteiger charge is -2.09. The van der Waals surface area contributed by atoms with Crippen LogP contribution >= 0.6 is 0 Å². The molecule has 0 bridgehead atoms. The molecule has 0 spiro atoms. The summed E-state index contributed by atoms with van der Waals surface area (Å²) in [7, 11) is -3.78. The van der Waals surface area contributed by atoms with Crippen molar-refractivity contribution < 1.29 is 22.4 Å². The van der Waals surface area contributed by atoms with Gasteiger partial charge >= 0.3 is 5.97 Å². The Morgan fingerprint density at radius 1 is 0.971 bits per heavy atom. The van der Waals surface area contributed by atoms with Crippen LogP contribution in [0.2, 0.25) is 0 Å². The van der Waals surface area contributed by atoms with Crippen molar-refractivity contribution in [1.82, 2.24) is 19.7 Å². The van der Waals surface area contributed by atoms with Crippen LogP contribution in [0, 0.1) is 0 Å². The molecule has 4 N–H and O–H groups in total. The lowest BCUT2D eigenvalue weighted by Crippen LogP contribution is -2.23. The number of rotatable bonds is 9. The number of carbonyl (C=O) groups is 1. The lowest BCUT2D eigenvalue weighted by molar-refractivity contribution is 0.0462. The third-order valence-electron chi connectivity index (χ3n) is 4.48. The van der Waals surface area contributed by atoms with E-state index < -0.39 is 16.0 Å². The molecule has 0 radical (unpaired) electrons. The van der Waals surface area contributed by atoms with Crippen LogP contribution in [0.5, 0.6) is 0 Å². The number of hydrogen-bond donors (Lipinski definition) is 3. The summed E-state index contributed by atoms with van der Waals surface area (Å²) in [5, 5.41) is 2.99. The Kier molecular flexibility index (Phi) is 6.80. The molecule has 34 heavy (non-hydrogen) atoms. The fourth-order valence-electron chi connectivity index (χ4n) is 2.86. The maximum absolute atomic E-state index is 12.4. The van der Waals surface area contributed by atoms with Crippen LogP contribution in [0.3, 0.4) is 0 Å². The highest BCUT2D eigenvalue weighted by Crippen LogP contribution is 2.15. The van der Waals surface area contributed by atoms with E-state index in [9.17, 15) is 13.2 Å². The van der Waals surface area contributed by atoms with Gasteiger partial charge in [0.1, 0.15) is 5.76 Å². The molecule has 0 saturated heterocycles. The van der Waals surface area contributed by atoms with E-state index in [-0.39, 0.29) is 41.3 Å².